The molecule has 2 rings (SSSR count). The quantitative estimate of drug-likeness (QED) is 0.900. The van der Waals surface area contributed by atoms with Crippen molar-refractivity contribution in [1.82, 2.24) is 0 Å². The molecule has 1 aromatic rings. The Kier molecular flexibility index (Phi) is 4.40. The Morgan fingerprint density at radius 3 is 2.65 bits per heavy atom. The van der Waals surface area contributed by atoms with Crippen LogP contribution in [0.5, 0.6) is 0 Å². The van der Waals surface area contributed by atoms with Crippen molar-refractivity contribution in [2.24, 2.45) is 11.7 Å². The molecule has 17 heavy (non-hydrogen) atoms. The van der Waals surface area contributed by atoms with Gasteiger partial charge in [0.15, 0.2) is 0 Å². The molecule has 94 valence electrons. The Morgan fingerprint density at radius 2 is 2.00 bits per heavy atom. The SMILES string of the molecule is NCC(c1cc(F)ccc1F)C1CCSCC1. The molecule has 0 aromatic heterocycles. The van der Waals surface area contributed by atoms with Crippen LogP contribution in [0.3, 0.4) is 0 Å². The molecule has 0 aliphatic carbocycles. The predicted octanol–water partition coefficient (Wildman–Crippen LogP) is 3.15. The molecular formula is C13H17F2NS. The van der Waals surface area contributed by atoms with Crippen molar-refractivity contribution < 1.29 is 8.78 Å². The zero-order valence-electron chi connectivity index (χ0n) is 9.66. The van der Waals surface area contributed by atoms with Gasteiger partial charge in [-0.25, -0.2) is 8.78 Å². The lowest BCUT2D eigenvalue weighted by Crippen LogP contribution is -2.25. The number of hydrogen-bond donors (Lipinski definition) is 1. The van der Waals surface area contributed by atoms with E-state index in [1.54, 1.807) is 0 Å². The molecule has 4 heteroatoms. The van der Waals surface area contributed by atoms with Gasteiger partial charge in [-0.1, -0.05) is 0 Å². The summed E-state index contributed by atoms with van der Waals surface area (Å²) < 4.78 is 26.9. The number of hydrogen-bond acceptors (Lipinski definition) is 2. The van der Waals surface area contributed by atoms with E-state index in [0.29, 0.717) is 18.0 Å². The van der Waals surface area contributed by atoms with Gasteiger partial charge < -0.3 is 5.73 Å². The highest BCUT2D eigenvalue weighted by atomic mass is 32.2. The third-order valence-electron chi connectivity index (χ3n) is 3.45. The molecule has 1 aliphatic heterocycles. The molecule has 0 saturated carbocycles. The molecule has 1 unspecified atom stereocenters. The molecule has 0 spiro atoms. The average Bonchev–Trinajstić information content (AvgIpc) is 2.36. The summed E-state index contributed by atoms with van der Waals surface area (Å²) in [5, 5.41) is 0. The first-order chi connectivity index (χ1) is 8.22. The van der Waals surface area contributed by atoms with E-state index in [4.69, 9.17) is 5.73 Å². The number of thioether (sulfide) groups is 1. The number of benzene rings is 1. The minimum atomic E-state index is -0.384. The first-order valence-electron chi connectivity index (χ1n) is 5.95. The van der Waals surface area contributed by atoms with Crippen molar-refractivity contribution in [2.45, 2.75) is 18.8 Å². The third-order valence-corrected chi connectivity index (χ3v) is 4.50. The van der Waals surface area contributed by atoms with Gasteiger partial charge in [0.25, 0.3) is 0 Å². The molecule has 2 N–H and O–H groups in total. The Hall–Kier alpha value is -0.610. The monoisotopic (exact) mass is 257 g/mol. The molecule has 1 aliphatic rings. The van der Waals surface area contributed by atoms with E-state index in [0.717, 1.165) is 30.4 Å². The molecule has 0 bridgehead atoms. The smallest absolute Gasteiger partial charge is 0.126 e. The summed E-state index contributed by atoms with van der Waals surface area (Å²) in [5.74, 6) is 1.81. The Bertz CT molecular complexity index is 378. The van der Waals surface area contributed by atoms with Crippen LogP contribution in [0, 0.1) is 17.6 Å². The van der Waals surface area contributed by atoms with Crippen molar-refractivity contribution >= 4 is 11.8 Å². The fourth-order valence-electron chi connectivity index (χ4n) is 2.49. The number of nitrogens with two attached hydrogens (primary N) is 1. The van der Waals surface area contributed by atoms with Gasteiger partial charge in [-0.15, -0.1) is 0 Å². The zero-order chi connectivity index (χ0) is 12.3. The summed E-state index contributed by atoms with van der Waals surface area (Å²) >= 11 is 1.92. The summed E-state index contributed by atoms with van der Waals surface area (Å²) in [4.78, 5) is 0. The van der Waals surface area contributed by atoms with Crippen molar-refractivity contribution in [3.05, 3.63) is 35.4 Å². The highest BCUT2D eigenvalue weighted by Crippen LogP contribution is 2.35. The van der Waals surface area contributed by atoms with Crippen molar-refractivity contribution in [3.8, 4) is 0 Å². The summed E-state index contributed by atoms with van der Waals surface area (Å²) in [6.45, 7) is 0.385. The molecule has 0 amide bonds. The van der Waals surface area contributed by atoms with E-state index in [1.165, 1.54) is 12.1 Å². The zero-order valence-corrected chi connectivity index (χ0v) is 10.5. The second kappa shape index (κ2) is 5.83. The summed E-state index contributed by atoms with van der Waals surface area (Å²) in [6, 6.07) is 3.66. The Labute approximate surface area is 105 Å². The number of halogens is 2. The highest BCUT2D eigenvalue weighted by molar-refractivity contribution is 7.99. The topological polar surface area (TPSA) is 26.0 Å². The maximum absolute atomic E-state index is 13.7. The first kappa shape index (κ1) is 12.8. The standard InChI is InChI=1S/C13H17F2NS/c14-10-1-2-13(15)11(7-10)12(8-16)9-3-5-17-6-4-9/h1-2,7,9,12H,3-6,8,16H2. The van der Waals surface area contributed by atoms with E-state index >= 15 is 0 Å². The lowest BCUT2D eigenvalue weighted by molar-refractivity contribution is 0.388. The van der Waals surface area contributed by atoms with E-state index in [-0.39, 0.29) is 17.6 Å². The van der Waals surface area contributed by atoms with Gasteiger partial charge in [-0.3, -0.25) is 0 Å². The molecule has 0 radical (unpaired) electrons. The van der Waals surface area contributed by atoms with E-state index < -0.39 is 0 Å². The molecule has 1 fully saturated rings. The van der Waals surface area contributed by atoms with E-state index in [2.05, 4.69) is 0 Å². The molecule has 1 saturated heterocycles. The molecule has 1 nitrogen and oxygen atoms in total. The Balaban J connectivity index is 2.24. The largest absolute Gasteiger partial charge is 0.330 e. The third kappa shape index (κ3) is 2.99. The second-order valence-corrected chi connectivity index (χ2v) is 5.68. The van der Waals surface area contributed by atoms with Gasteiger partial charge >= 0.3 is 0 Å². The lowest BCUT2D eigenvalue weighted by atomic mass is 9.82. The fraction of sp³-hybridized carbons (Fsp3) is 0.538. The van der Waals surface area contributed by atoms with Crippen LogP contribution in [0.4, 0.5) is 8.78 Å². The Morgan fingerprint density at radius 1 is 1.29 bits per heavy atom. The second-order valence-electron chi connectivity index (χ2n) is 4.46. The van der Waals surface area contributed by atoms with Gasteiger partial charge in [-0.2, -0.15) is 11.8 Å². The fourth-order valence-corrected chi connectivity index (χ4v) is 3.63. The van der Waals surface area contributed by atoms with Crippen LogP contribution < -0.4 is 5.73 Å². The van der Waals surface area contributed by atoms with E-state index in [9.17, 15) is 8.78 Å². The summed E-state index contributed by atoms with van der Waals surface area (Å²) in [6.07, 6.45) is 2.09. The van der Waals surface area contributed by atoms with Gasteiger partial charge in [0, 0.05) is 5.92 Å². The van der Waals surface area contributed by atoms with Crippen LogP contribution in [-0.2, 0) is 0 Å². The van der Waals surface area contributed by atoms with Crippen LogP contribution in [-0.4, -0.2) is 18.1 Å². The first-order valence-corrected chi connectivity index (χ1v) is 7.10. The van der Waals surface area contributed by atoms with Crippen LogP contribution in [0.1, 0.15) is 24.3 Å². The van der Waals surface area contributed by atoms with Crippen molar-refractivity contribution in [1.29, 1.82) is 0 Å². The maximum atomic E-state index is 13.7. The maximum Gasteiger partial charge on any atom is 0.126 e. The number of rotatable bonds is 3. The summed E-state index contributed by atoms with van der Waals surface area (Å²) in [5.41, 5.74) is 6.21. The van der Waals surface area contributed by atoms with E-state index in [1.807, 2.05) is 11.8 Å². The van der Waals surface area contributed by atoms with Crippen molar-refractivity contribution in [3.63, 3.8) is 0 Å². The van der Waals surface area contributed by atoms with Gasteiger partial charge in [0.2, 0.25) is 0 Å². The lowest BCUT2D eigenvalue weighted by Gasteiger charge is -2.29. The highest BCUT2D eigenvalue weighted by Gasteiger charge is 2.26. The van der Waals surface area contributed by atoms with Crippen molar-refractivity contribution in [2.75, 3.05) is 18.1 Å². The minimum absolute atomic E-state index is 0.0494. The average molecular weight is 257 g/mol. The van der Waals surface area contributed by atoms with Crippen LogP contribution in [0.15, 0.2) is 18.2 Å². The molecular weight excluding hydrogens is 240 g/mol. The molecule has 1 heterocycles. The molecule has 1 aromatic carbocycles. The molecule has 1 atom stereocenters. The van der Waals surface area contributed by atoms with Gasteiger partial charge in [0.05, 0.1) is 0 Å². The minimum Gasteiger partial charge on any atom is -0.330 e. The van der Waals surface area contributed by atoms with Gasteiger partial charge in [-0.05, 0) is 60.6 Å². The summed E-state index contributed by atoms with van der Waals surface area (Å²) in [7, 11) is 0. The van der Waals surface area contributed by atoms with Crippen LogP contribution in [0.2, 0.25) is 0 Å². The predicted molar refractivity (Wildman–Crippen MR) is 68.2 cm³/mol. The normalized spacial score (nSPS) is 19.2. The van der Waals surface area contributed by atoms with Gasteiger partial charge in [0.1, 0.15) is 11.6 Å². The van der Waals surface area contributed by atoms with Crippen LogP contribution in [0.25, 0.3) is 0 Å². The van der Waals surface area contributed by atoms with Crippen LogP contribution >= 0.6 is 11.8 Å².